The van der Waals surface area contributed by atoms with Gasteiger partial charge in [0.05, 0.1) is 0 Å². The first-order valence-electron chi connectivity index (χ1n) is 21.2. The predicted octanol–water partition coefficient (Wildman–Crippen LogP) is 16.0. The second-order valence-electron chi connectivity index (χ2n) is 14.5. The highest BCUT2D eigenvalue weighted by Gasteiger charge is 2.05. The third kappa shape index (κ3) is 42.0. The molecule has 45 heavy (non-hydrogen) atoms. The van der Waals surface area contributed by atoms with Gasteiger partial charge in [0.1, 0.15) is 0 Å². The van der Waals surface area contributed by atoms with Crippen molar-refractivity contribution in [3.8, 4) is 0 Å². The zero-order chi connectivity index (χ0) is 31.9. The van der Waals surface area contributed by atoms with E-state index < -0.39 is 0 Å². The van der Waals surface area contributed by atoms with E-state index >= 15 is 0 Å². The number of unbranched alkanes of at least 4 members (excludes halogenated alkanes) is 31. The van der Waals surface area contributed by atoms with Crippen molar-refractivity contribution in [3.63, 3.8) is 0 Å². The minimum absolute atomic E-state index is 0. The van der Waals surface area contributed by atoms with Gasteiger partial charge in [-0.05, 0) is 64.6 Å². The van der Waals surface area contributed by atoms with Crippen molar-refractivity contribution in [1.82, 2.24) is 4.90 Å². The summed E-state index contributed by atoms with van der Waals surface area (Å²) in [5, 5.41) is 0. The third-order valence-electron chi connectivity index (χ3n) is 9.89. The van der Waals surface area contributed by atoms with Gasteiger partial charge in [0, 0.05) is 0 Å². The van der Waals surface area contributed by atoms with Crippen LogP contribution in [0.1, 0.15) is 245 Å². The van der Waals surface area contributed by atoms with Gasteiger partial charge >= 0.3 is 0 Å². The minimum atomic E-state index is 0. The van der Waals surface area contributed by atoms with Crippen LogP contribution in [0.3, 0.4) is 0 Å². The van der Waals surface area contributed by atoms with E-state index in [1.54, 1.807) is 0 Å². The van der Waals surface area contributed by atoms with E-state index in [-0.39, 0.29) is 12.4 Å². The van der Waals surface area contributed by atoms with E-state index in [2.05, 4.69) is 37.8 Å². The molecule has 0 aromatic carbocycles. The van der Waals surface area contributed by atoms with Crippen molar-refractivity contribution >= 4 is 12.4 Å². The summed E-state index contributed by atoms with van der Waals surface area (Å²) in [6, 6.07) is 0. The first-order valence-corrected chi connectivity index (χ1v) is 21.2. The monoisotopic (exact) mass is 654 g/mol. The molecule has 0 saturated carbocycles. The van der Waals surface area contributed by atoms with E-state index in [1.807, 2.05) is 0 Å². The van der Waals surface area contributed by atoms with Crippen LogP contribution in [0.2, 0.25) is 0 Å². The molecule has 0 radical (unpaired) electrons. The topological polar surface area (TPSA) is 3.24 Å². The number of hydrogen-bond acceptors (Lipinski definition) is 1. The maximum absolute atomic E-state index is 2.85. The molecule has 0 heterocycles. The Morgan fingerprint density at radius 2 is 0.467 bits per heavy atom. The molecular formula is C43H88ClN. The second-order valence-corrected chi connectivity index (χ2v) is 14.5. The fourth-order valence-corrected chi connectivity index (χ4v) is 6.74. The summed E-state index contributed by atoms with van der Waals surface area (Å²) in [6.07, 6.45) is 55.1. The van der Waals surface area contributed by atoms with Crippen LogP contribution < -0.4 is 0 Å². The Kier molecular flexibility index (Phi) is 46.1. The van der Waals surface area contributed by atoms with Crippen LogP contribution in [0.5, 0.6) is 0 Å². The van der Waals surface area contributed by atoms with Gasteiger partial charge in [-0.15, -0.1) is 12.4 Å². The molecule has 0 bridgehead atoms. The standard InChI is InChI=1S/C43H87N.ClH/c1-4-7-10-13-16-19-21-23-24-25-26-28-31-34-37-40-43-44(41-38-35-32-29-18-15-12-9-6-3)42-39-36-33-30-27-22-20-17-14-11-8-5-2;/h23-24H,4-22,25-43H2,1-3H3;1H/b24-23-;. The molecule has 2 heteroatoms. The molecule has 0 rings (SSSR count). The average molecular weight is 655 g/mol. The molecule has 0 aliphatic carbocycles. The molecule has 0 unspecified atom stereocenters. The fraction of sp³-hybridized carbons (Fsp3) is 0.953. The zero-order valence-corrected chi connectivity index (χ0v) is 32.7. The molecule has 0 saturated heterocycles. The van der Waals surface area contributed by atoms with Gasteiger partial charge in [-0.25, -0.2) is 0 Å². The van der Waals surface area contributed by atoms with E-state index in [0.29, 0.717) is 0 Å². The first kappa shape index (κ1) is 47.1. The molecule has 0 spiro atoms. The Morgan fingerprint density at radius 3 is 0.711 bits per heavy atom. The summed E-state index contributed by atoms with van der Waals surface area (Å²) < 4.78 is 0. The Hall–Kier alpha value is -0.0100. The Bertz CT molecular complexity index is 518. The van der Waals surface area contributed by atoms with Crippen molar-refractivity contribution in [2.24, 2.45) is 0 Å². The maximum Gasteiger partial charge on any atom is -0.00187 e. The molecule has 0 aromatic rings. The Labute approximate surface area is 293 Å². The van der Waals surface area contributed by atoms with Gasteiger partial charge in [-0.2, -0.15) is 0 Å². The summed E-state index contributed by atoms with van der Waals surface area (Å²) >= 11 is 0. The lowest BCUT2D eigenvalue weighted by Gasteiger charge is -2.22. The van der Waals surface area contributed by atoms with Crippen LogP contribution in [-0.2, 0) is 0 Å². The Balaban J connectivity index is 0. The summed E-state index contributed by atoms with van der Waals surface area (Å²) in [5.41, 5.74) is 0. The lowest BCUT2D eigenvalue weighted by molar-refractivity contribution is 0.254. The lowest BCUT2D eigenvalue weighted by Crippen LogP contribution is -2.27. The lowest BCUT2D eigenvalue weighted by atomic mass is 10.0. The molecule has 0 aliphatic heterocycles. The number of halogens is 1. The molecule has 0 atom stereocenters. The number of allylic oxidation sites excluding steroid dienone is 2. The minimum Gasteiger partial charge on any atom is -0.303 e. The maximum atomic E-state index is 2.85. The van der Waals surface area contributed by atoms with Crippen molar-refractivity contribution in [1.29, 1.82) is 0 Å². The highest BCUT2D eigenvalue weighted by atomic mass is 35.5. The number of nitrogens with zero attached hydrogens (tertiary/aromatic N) is 1. The van der Waals surface area contributed by atoms with E-state index in [1.165, 1.54) is 244 Å². The second kappa shape index (κ2) is 44.0. The van der Waals surface area contributed by atoms with Crippen LogP contribution in [0, 0.1) is 0 Å². The van der Waals surface area contributed by atoms with Crippen LogP contribution in [0.4, 0.5) is 0 Å². The highest BCUT2D eigenvalue weighted by molar-refractivity contribution is 5.85. The highest BCUT2D eigenvalue weighted by Crippen LogP contribution is 2.15. The van der Waals surface area contributed by atoms with E-state index in [4.69, 9.17) is 0 Å². The van der Waals surface area contributed by atoms with E-state index in [9.17, 15) is 0 Å². The van der Waals surface area contributed by atoms with Gasteiger partial charge in [-0.3, -0.25) is 0 Å². The van der Waals surface area contributed by atoms with E-state index in [0.717, 1.165) is 0 Å². The third-order valence-corrected chi connectivity index (χ3v) is 9.89. The zero-order valence-electron chi connectivity index (χ0n) is 31.9. The summed E-state index contributed by atoms with van der Waals surface area (Å²) in [7, 11) is 0. The molecule has 272 valence electrons. The predicted molar refractivity (Wildman–Crippen MR) is 211 cm³/mol. The fourth-order valence-electron chi connectivity index (χ4n) is 6.74. The van der Waals surface area contributed by atoms with Gasteiger partial charge in [0.2, 0.25) is 0 Å². The van der Waals surface area contributed by atoms with Crippen LogP contribution >= 0.6 is 12.4 Å². The average Bonchev–Trinajstić information content (AvgIpc) is 3.03. The van der Waals surface area contributed by atoms with Crippen molar-refractivity contribution in [3.05, 3.63) is 12.2 Å². The van der Waals surface area contributed by atoms with Gasteiger partial charge in [-0.1, -0.05) is 213 Å². The Morgan fingerprint density at radius 1 is 0.267 bits per heavy atom. The molecule has 0 N–H and O–H groups in total. The molecule has 0 aliphatic rings. The largest absolute Gasteiger partial charge is 0.303 e. The summed E-state index contributed by atoms with van der Waals surface area (Å²) in [6.45, 7) is 11.0. The normalized spacial score (nSPS) is 11.6. The van der Waals surface area contributed by atoms with Crippen LogP contribution in [0.15, 0.2) is 12.2 Å². The quantitative estimate of drug-likeness (QED) is 0.0471. The molecule has 1 nitrogen and oxygen atoms in total. The molecule has 0 fully saturated rings. The molecule has 0 amide bonds. The van der Waals surface area contributed by atoms with Crippen LogP contribution in [0.25, 0.3) is 0 Å². The van der Waals surface area contributed by atoms with Crippen molar-refractivity contribution in [2.45, 2.75) is 245 Å². The van der Waals surface area contributed by atoms with Gasteiger partial charge in [0.15, 0.2) is 0 Å². The van der Waals surface area contributed by atoms with Crippen molar-refractivity contribution < 1.29 is 0 Å². The molecular weight excluding hydrogens is 566 g/mol. The first-order chi connectivity index (χ1) is 21.8. The molecule has 0 aromatic heterocycles. The van der Waals surface area contributed by atoms with Crippen molar-refractivity contribution in [2.75, 3.05) is 19.6 Å². The van der Waals surface area contributed by atoms with Gasteiger partial charge in [0.25, 0.3) is 0 Å². The summed E-state index contributed by atoms with van der Waals surface area (Å²) in [5.74, 6) is 0. The van der Waals surface area contributed by atoms with Gasteiger partial charge < -0.3 is 4.90 Å². The smallest absolute Gasteiger partial charge is 0.00187 e. The summed E-state index contributed by atoms with van der Waals surface area (Å²) in [4.78, 5) is 2.85. The van der Waals surface area contributed by atoms with Crippen LogP contribution in [-0.4, -0.2) is 24.5 Å². The SMILES string of the molecule is CCCCCCCC/C=C\CCCCCCCCN(CCCCCCCCCCC)CCCCCCCCCCCCCC.Cl. The number of rotatable bonds is 39. The number of hydrogen-bond donors (Lipinski definition) is 0.